The van der Waals surface area contributed by atoms with Crippen LogP contribution in [0, 0.1) is 0 Å². The molecule has 0 atom stereocenters. The van der Waals surface area contributed by atoms with E-state index in [1.54, 1.807) is 0 Å². The zero-order chi connectivity index (χ0) is 14.5. The van der Waals surface area contributed by atoms with Crippen molar-refractivity contribution in [2.45, 2.75) is 40.0 Å². The van der Waals surface area contributed by atoms with Crippen LogP contribution in [0.1, 0.15) is 37.5 Å². The Hall–Kier alpha value is -1.47. The minimum atomic E-state index is 0.649. The van der Waals surface area contributed by atoms with Gasteiger partial charge in [0.15, 0.2) is 0 Å². The zero-order valence-corrected chi connectivity index (χ0v) is 13.1. The lowest BCUT2D eigenvalue weighted by molar-refractivity contribution is 0.471. The maximum absolute atomic E-state index is 6.20. The summed E-state index contributed by atoms with van der Waals surface area (Å²) in [4.78, 5) is 0. The minimum absolute atomic E-state index is 0.649. The van der Waals surface area contributed by atoms with Crippen molar-refractivity contribution in [2.24, 2.45) is 0 Å². The summed E-state index contributed by atoms with van der Waals surface area (Å²) in [6, 6.07) is 12.1. The van der Waals surface area contributed by atoms with E-state index in [9.17, 15) is 0 Å². The van der Waals surface area contributed by atoms with Crippen molar-refractivity contribution in [1.82, 2.24) is 0 Å². The van der Waals surface area contributed by atoms with Gasteiger partial charge in [-0.2, -0.15) is 0 Å². The molecule has 0 amide bonds. The van der Waals surface area contributed by atoms with E-state index in [0.29, 0.717) is 5.02 Å². The molecule has 0 aliphatic rings. The van der Waals surface area contributed by atoms with Crippen LogP contribution in [0.15, 0.2) is 36.4 Å². The molecule has 0 radical (unpaired) electrons. The molecule has 0 heterocycles. The highest BCUT2D eigenvalue weighted by Crippen LogP contribution is 2.35. The molecule has 2 rings (SSSR count). The van der Waals surface area contributed by atoms with Crippen LogP contribution >= 0.6 is 11.6 Å². The molecule has 0 aromatic heterocycles. The molecule has 0 aliphatic heterocycles. The Morgan fingerprint density at radius 2 is 1.50 bits per heavy atom. The van der Waals surface area contributed by atoms with Crippen LogP contribution < -0.4 is 4.74 Å². The normalized spacial score (nSPS) is 10.6. The average molecular weight is 289 g/mol. The van der Waals surface area contributed by atoms with Gasteiger partial charge in [0, 0.05) is 0 Å². The summed E-state index contributed by atoms with van der Waals surface area (Å²) >= 11 is 6.20. The van der Waals surface area contributed by atoms with Gasteiger partial charge in [-0.1, -0.05) is 56.6 Å². The van der Waals surface area contributed by atoms with Crippen LogP contribution in [-0.2, 0) is 19.3 Å². The van der Waals surface area contributed by atoms with E-state index in [-0.39, 0.29) is 0 Å². The van der Waals surface area contributed by atoms with Crippen molar-refractivity contribution in [3.8, 4) is 11.5 Å². The van der Waals surface area contributed by atoms with Gasteiger partial charge in [0.1, 0.15) is 11.5 Å². The van der Waals surface area contributed by atoms with Gasteiger partial charge in [-0.15, -0.1) is 0 Å². The molecule has 0 fully saturated rings. The average Bonchev–Trinajstić information content (AvgIpc) is 2.49. The largest absolute Gasteiger partial charge is 0.455 e. The summed E-state index contributed by atoms with van der Waals surface area (Å²) in [5.74, 6) is 1.70. The predicted octanol–water partition coefficient (Wildman–Crippen LogP) is 5.82. The summed E-state index contributed by atoms with van der Waals surface area (Å²) in [6.07, 6.45) is 2.97. The monoisotopic (exact) mass is 288 g/mol. The van der Waals surface area contributed by atoms with Crippen molar-refractivity contribution in [1.29, 1.82) is 0 Å². The van der Waals surface area contributed by atoms with Crippen LogP contribution in [0.5, 0.6) is 11.5 Å². The van der Waals surface area contributed by atoms with Crippen LogP contribution in [-0.4, -0.2) is 0 Å². The van der Waals surface area contributed by atoms with Crippen molar-refractivity contribution >= 4 is 11.6 Å². The third kappa shape index (κ3) is 3.16. The lowest BCUT2D eigenvalue weighted by Gasteiger charge is -2.17. The first-order valence-corrected chi connectivity index (χ1v) is 7.64. The molecular formula is C18H21ClO. The molecular weight excluding hydrogens is 268 g/mol. The second-order valence-corrected chi connectivity index (χ2v) is 5.24. The van der Waals surface area contributed by atoms with Crippen LogP contribution in [0.4, 0.5) is 0 Å². The number of hydrogen-bond donors (Lipinski definition) is 0. The van der Waals surface area contributed by atoms with Gasteiger partial charge in [0.25, 0.3) is 0 Å². The number of rotatable bonds is 5. The fourth-order valence-electron chi connectivity index (χ4n) is 2.32. The third-order valence-corrected chi connectivity index (χ3v) is 3.83. The van der Waals surface area contributed by atoms with Gasteiger partial charge < -0.3 is 4.74 Å². The highest BCUT2D eigenvalue weighted by molar-refractivity contribution is 6.32. The lowest BCUT2D eigenvalue weighted by atomic mass is 9.99. The van der Waals surface area contributed by atoms with Gasteiger partial charge in [0.05, 0.1) is 5.02 Å². The standard InChI is InChI=1S/C18H21ClO/c1-4-13-11-14(5-2)18(15(6-3)12-13)20-17-10-8-7-9-16(17)19/h7-12H,4-6H2,1-3H3. The maximum Gasteiger partial charge on any atom is 0.146 e. The summed E-state index contributed by atoms with van der Waals surface area (Å²) in [5, 5.41) is 0.649. The second-order valence-electron chi connectivity index (χ2n) is 4.84. The molecule has 0 saturated carbocycles. The highest BCUT2D eigenvalue weighted by atomic mass is 35.5. The van der Waals surface area contributed by atoms with Gasteiger partial charge in [-0.05, 0) is 48.1 Å². The third-order valence-electron chi connectivity index (χ3n) is 3.52. The smallest absolute Gasteiger partial charge is 0.146 e. The molecule has 20 heavy (non-hydrogen) atoms. The Morgan fingerprint density at radius 1 is 0.900 bits per heavy atom. The first-order chi connectivity index (χ1) is 9.69. The van der Waals surface area contributed by atoms with E-state index in [0.717, 1.165) is 30.8 Å². The Morgan fingerprint density at radius 3 is 2.00 bits per heavy atom. The number of ether oxygens (including phenoxy) is 1. The predicted molar refractivity (Wildman–Crippen MR) is 86.1 cm³/mol. The van der Waals surface area contributed by atoms with E-state index in [1.807, 2.05) is 24.3 Å². The zero-order valence-electron chi connectivity index (χ0n) is 12.4. The Labute approximate surface area is 126 Å². The molecule has 2 aromatic carbocycles. The molecule has 0 N–H and O–H groups in total. The SMILES string of the molecule is CCc1cc(CC)c(Oc2ccccc2Cl)c(CC)c1. The van der Waals surface area contributed by atoms with Gasteiger partial charge >= 0.3 is 0 Å². The van der Waals surface area contributed by atoms with Crippen LogP contribution in [0.2, 0.25) is 5.02 Å². The van der Waals surface area contributed by atoms with E-state index in [1.165, 1.54) is 16.7 Å². The van der Waals surface area contributed by atoms with Crippen molar-refractivity contribution in [3.05, 3.63) is 58.1 Å². The molecule has 0 bridgehead atoms. The molecule has 0 saturated heterocycles. The Bertz CT molecular complexity index is 565. The second kappa shape index (κ2) is 6.81. The fraction of sp³-hybridized carbons (Fsp3) is 0.333. The molecule has 106 valence electrons. The van der Waals surface area contributed by atoms with Gasteiger partial charge in [-0.3, -0.25) is 0 Å². The summed E-state index contributed by atoms with van der Waals surface area (Å²) in [7, 11) is 0. The summed E-state index contributed by atoms with van der Waals surface area (Å²) in [6.45, 7) is 6.50. The molecule has 1 nitrogen and oxygen atoms in total. The topological polar surface area (TPSA) is 9.23 Å². The Balaban J connectivity index is 2.47. The van der Waals surface area contributed by atoms with Crippen molar-refractivity contribution < 1.29 is 4.74 Å². The van der Waals surface area contributed by atoms with Crippen LogP contribution in [0.25, 0.3) is 0 Å². The first kappa shape index (κ1) is 14.9. The van der Waals surface area contributed by atoms with E-state index in [4.69, 9.17) is 16.3 Å². The molecule has 2 heteroatoms. The van der Waals surface area contributed by atoms with E-state index in [2.05, 4.69) is 32.9 Å². The molecule has 0 unspecified atom stereocenters. The fourth-order valence-corrected chi connectivity index (χ4v) is 2.50. The van der Waals surface area contributed by atoms with E-state index < -0.39 is 0 Å². The summed E-state index contributed by atoms with van der Waals surface area (Å²) in [5.41, 5.74) is 3.87. The van der Waals surface area contributed by atoms with Gasteiger partial charge in [0.2, 0.25) is 0 Å². The first-order valence-electron chi connectivity index (χ1n) is 7.26. The van der Waals surface area contributed by atoms with Crippen LogP contribution in [0.3, 0.4) is 0 Å². The molecule has 2 aromatic rings. The van der Waals surface area contributed by atoms with Crippen molar-refractivity contribution in [2.75, 3.05) is 0 Å². The molecule has 0 spiro atoms. The number of para-hydroxylation sites is 1. The van der Waals surface area contributed by atoms with E-state index >= 15 is 0 Å². The Kier molecular flexibility index (Phi) is 5.08. The minimum Gasteiger partial charge on any atom is -0.455 e. The number of benzene rings is 2. The molecule has 0 aliphatic carbocycles. The van der Waals surface area contributed by atoms with Crippen molar-refractivity contribution in [3.63, 3.8) is 0 Å². The maximum atomic E-state index is 6.20. The number of hydrogen-bond acceptors (Lipinski definition) is 1. The quantitative estimate of drug-likeness (QED) is 0.673. The summed E-state index contributed by atoms with van der Waals surface area (Å²) < 4.78 is 6.12. The number of halogens is 1. The lowest BCUT2D eigenvalue weighted by Crippen LogP contribution is -1.98. The highest BCUT2D eigenvalue weighted by Gasteiger charge is 2.12. The number of aryl methyl sites for hydroxylation is 3. The van der Waals surface area contributed by atoms with Gasteiger partial charge in [-0.25, -0.2) is 0 Å².